The standard InChI is InChI=1S/C11H12ClN5O/c1-2-3-4-7-18-11-15-9(12)14-10(16-11)17-6-5-13-8-17/h2,5-6,8H,1,3-4,7H2. The molecule has 2 heterocycles. The van der Waals surface area contributed by atoms with Crippen molar-refractivity contribution >= 4 is 11.6 Å². The van der Waals surface area contributed by atoms with Gasteiger partial charge in [-0.3, -0.25) is 4.57 Å². The quantitative estimate of drug-likeness (QED) is 0.591. The lowest BCUT2D eigenvalue weighted by atomic mass is 10.3. The molecule has 2 rings (SSSR count). The summed E-state index contributed by atoms with van der Waals surface area (Å²) >= 11 is 5.81. The third kappa shape index (κ3) is 3.27. The van der Waals surface area contributed by atoms with Crippen LogP contribution in [0.1, 0.15) is 12.8 Å². The molecule has 0 bridgehead atoms. The van der Waals surface area contributed by atoms with Crippen molar-refractivity contribution < 1.29 is 4.74 Å². The summed E-state index contributed by atoms with van der Waals surface area (Å²) in [5, 5.41) is 0.0902. The van der Waals surface area contributed by atoms with Crippen LogP contribution in [0, 0.1) is 0 Å². The molecule has 0 aliphatic carbocycles. The van der Waals surface area contributed by atoms with E-state index >= 15 is 0 Å². The highest BCUT2D eigenvalue weighted by molar-refractivity contribution is 6.28. The van der Waals surface area contributed by atoms with Gasteiger partial charge in [0.05, 0.1) is 6.61 Å². The lowest BCUT2D eigenvalue weighted by molar-refractivity contribution is 0.286. The van der Waals surface area contributed by atoms with Gasteiger partial charge < -0.3 is 4.74 Å². The first-order valence-corrected chi connectivity index (χ1v) is 5.81. The molecule has 6 nitrogen and oxygen atoms in total. The minimum Gasteiger partial charge on any atom is -0.463 e. The summed E-state index contributed by atoms with van der Waals surface area (Å²) in [7, 11) is 0. The lowest BCUT2D eigenvalue weighted by Crippen LogP contribution is -2.06. The molecule has 2 aromatic rings. The van der Waals surface area contributed by atoms with Gasteiger partial charge in [-0.25, -0.2) is 4.98 Å². The second kappa shape index (κ2) is 6.11. The highest BCUT2D eigenvalue weighted by atomic mass is 35.5. The summed E-state index contributed by atoms with van der Waals surface area (Å²) in [6.45, 7) is 4.15. The van der Waals surface area contributed by atoms with Gasteiger partial charge in [0.25, 0.3) is 0 Å². The van der Waals surface area contributed by atoms with Gasteiger partial charge in [0.2, 0.25) is 11.2 Å². The van der Waals surface area contributed by atoms with Gasteiger partial charge in [-0.15, -0.1) is 6.58 Å². The van der Waals surface area contributed by atoms with Crippen molar-refractivity contribution in [1.82, 2.24) is 24.5 Å². The lowest BCUT2D eigenvalue weighted by Gasteiger charge is -2.05. The second-order valence-electron chi connectivity index (χ2n) is 3.44. The molecule has 0 spiro atoms. The van der Waals surface area contributed by atoms with Crippen LogP contribution in [0.25, 0.3) is 5.95 Å². The summed E-state index contributed by atoms with van der Waals surface area (Å²) in [6, 6.07) is 0.211. The Balaban J connectivity index is 2.09. The fourth-order valence-corrected chi connectivity index (χ4v) is 1.42. The molecule has 0 radical (unpaired) electrons. The second-order valence-corrected chi connectivity index (χ2v) is 3.77. The Bertz CT molecular complexity index is 514. The zero-order valence-corrected chi connectivity index (χ0v) is 10.4. The van der Waals surface area contributed by atoms with Crippen molar-refractivity contribution in [2.24, 2.45) is 0 Å². The van der Waals surface area contributed by atoms with Gasteiger partial charge in [0.1, 0.15) is 6.33 Å². The van der Waals surface area contributed by atoms with Crippen LogP contribution in [-0.2, 0) is 0 Å². The zero-order valence-electron chi connectivity index (χ0n) is 9.66. The van der Waals surface area contributed by atoms with Crippen LogP contribution in [0.5, 0.6) is 6.01 Å². The number of aromatic nitrogens is 5. The van der Waals surface area contributed by atoms with E-state index in [1.165, 1.54) is 0 Å². The molecule has 0 N–H and O–H groups in total. The van der Waals surface area contributed by atoms with E-state index in [9.17, 15) is 0 Å². The van der Waals surface area contributed by atoms with Crippen LogP contribution in [0.3, 0.4) is 0 Å². The van der Waals surface area contributed by atoms with Crippen molar-refractivity contribution in [2.45, 2.75) is 12.8 Å². The van der Waals surface area contributed by atoms with Crippen LogP contribution in [-0.4, -0.2) is 31.1 Å². The first kappa shape index (κ1) is 12.5. The van der Waals surface area contributed by atoms with Crippen molar-refractivity contribution in [2.75, 3.05) is 6.61 Å². The Morgan fingerprint density at radius 1 is 1.39 bits per heavy atom. The van der Waals surface area contributed by atoms with Gasteiger partial charge in [-0.1, -0.05) is 6.08 Å². The molecular weight excluding hydrogens is 254 g/mol. The SMILES string of the molecule is C=CCCCOc1nc(Cl)nc(-n2ccnc2)n1. The summed E-state index contributed by atoms with van der Waals surface area (Å²) in [5.74, 6) is 0.381. The molecule has 0 unspecified atom stereocenters. The smallest absolute Gasteiger partial charge is 0.322 e. The molecular formula is C11H12ClN5O. The monoisotopic (exact) mass is 265 g/mol. The molecule has 7 heteroatoms. The molecule has 2 aromatic heterocycles. The van der Waals surface area contributed by atoms with Gasteiger partial charge in [-0.05, 0) is 24.4 Å². The average molecular weight is 266 g/mol. The molecule has 0 aliphatic rings. The maximum Gasteiger partial charge on any atom is 0.322 e. The van der Waals surface area contributed by atoms with E-state index in [2.05, 4.69) is 26.5 Å². The number of hydrogen-bond acceptors (Lipinski definition) is 5. The molecule has 0 saturated carbocycles. The topological polar surface area (TPSA) is 65.7 Å². The highest BCUT2D eigenvalue weighted by Gasteiger charge is 2.07. The van der Waals surface area contributed by atoms with Gasteiger partial charge in [0.15, 0.2) is 0 Å². The number of ether oxygens (including phenoxy) is 1. The minimum atomic E-state index is 0.0902. The van der Waals surface area contributed by atoms with Crippen molar-refractivity contribution in [1.29, 1.82) is 0 Å². The Morgan fingerprint density at radius 3 is 3.00 bits per heavy atom. The zero-order chi connectivity index (χ0) is 12.8. The van der Waals surface area contributed by atoms with Gasteiger partial charge in [0, 0.05) is 12.4 Å². The third-order valence-corrected chi connectivity index (χ3v) is 2.26. The van der Waals surface area contributed by atoms with Gasteiger partial charge >= 0.3 is 6.01 Å². The molecule has 0 amide bonds. The van der Waals surface area contributed by atoms with Crippen molar-refractivity contribution in [3.8, 4) is 12.0 Å². The van der Waals surface area contributed by atoms with E-state index in [0.717, 1.165) is 12.8 Å². The summed E-state index contributed by atoms with van der Waals surface area (Å²) in [6.07, 6.45) is 8.49. The Kier molecular flexibility index (Phi) is 4.25. The Hall–Kier alpha value is -1.95. The number of nitrogens with zero attached hydrogens (tertiary/aromatic N) is 5. The molecule has 0 aliphatic heterocycles. The van der Waals surface area contributed by atoms with Crippen molar-refractivity contribution in [3.63, 3.8) is 0 Å². The van der Waals surface area contributed by atoms with Crippen LogP contribution in [0.15, 0.2) is 31.4 Å². The van der Waals surface area contributed by atoms with Crippen molar-refractivity contribution in [3.05, 3.63) is 36.7 Å². The number of hydrogen-bond donors (Lipinski definition) is 0. The van der Waals surface area contributed by atoms with Crippen LogP contribution in [0.2, 0.25) is 5.28 Å². The number of rotatable bonds is 6. The molecule has 18 heavy (non-hydrogen) atoms. The molecule has 94 valence electrons. The molecule has 0 saturated heterocycles. The van der Waals surface area contributed by atoms with E-state index in [4.69, 9.17) is 16.3 Å². The third-order valence-electron chi connectivity index (χ3n) is 2.09. The predicted octanol–water partition coefficient (Wildman–Crippen LogP) is 2.06. The van der Waals surface area contributed by atoms with Crippen LogP contribution >= 0.6 is 11.6 Å². The Labute approximate surface area is 109 Å². The molecule has 0 fully saturated rings. The summed E-state index contributed by atoms with van der Waals surface area (Å²) in [4.78, 5) is 15.9. The maximum absolute atomic E-state index is 5.81. The van der Waals surface area contributed by atoms with Crippen LogP contribution < -0.4 is 4.74 Å². The van der Waals surface area contributed by atoms with E-state index < -0.39 is 0 Å². The number of halogens is 1. The normalized spacial score (nSPS) is 10.3. The first-order chi connectivity index (χ1) is 8.79. The molecule has 0 aromatic carbocycles. The largest absolute Gasteiger partial charge is 0.463 e. The summed E-state index contributed by atoms with van der Waals surface area (Å²) in [5.41, 5.74) is 0. The van der Waals surface area contributed by atoms with E-state index in [0.29, 0.717) is 12.6 Å². The number of imidazole rings is 1. The fourth-order valence-electron chi connectivity index (χ4n) is 1.27. The Morgan fingerprint density at radius 2 is 2.28 bits per heavy atom. The van der Waals surface area contributed by atoms with E-state index in [-0.39, 0.29) is 11.3 Å². The average Bonchev–Trinajstić information content (AvgIpc) is 2.88. The predicted molar refractivity (Wildman–Crippen MR) is 66.9 cm³/mol. The van der Waals surface area contributed by atoms with E-state index in [1.807, 2.05) is 6.08 Å². The van der Waals surface area contributed by atoms with Crippen LogP contribution in [0.4, 0.5) is 0 Å². The molecule has 0 atom stereocenters. The highest BCUT2D eigenvalue weighted by Crippen LogP contribution is 2.11. The van der Waals surface area contributed by atoms with Gasteiger partial charge in [-0.2, -0.15) is 15.0 Å². The maximum atomic E-state index is 5.81. The first-order valence-electron chi connectivity index (χ1n) is 5.43. The fraction of sp³-hybridized carbons (Fsp3) is 0.273. The number of allylic oxidation sites excluding steroid dienone is 1. The minimum absolute atomic E-state index is 0.0902. The van der Waals surface area contributed by atoms with E-state index in [1.54, 1.807) is 23.3 Å². The number of unbranched alkanes of at least 4 members (excludes halogenated alkanes) is 1. The summed E-state index contributed by atoms with van der Waals surface area (Å²) < 4.78 is 7.03.